The number of carbonyl (C=O) groups is 2. The number of piperidine rings is 2. The molecule has 3 heterocycles. The second-order valence-electron chi connectivity index (χ2n) is 8.46. The van der Waals surface area contributed by atoms with E-state index in [1.54, 1.807) is 13.1 Å². The number of aryl methyl sites for hydroxylation is 1. The third-order valence-electron chi connectivity index (χ3n) is 6.28. The second-order valence-corrected chi connectivity index (χ2v) is 8.46. The molecule has 6 heteroatoms. The zero-order valence-corrected chi connectivity index (χ0v) is 16.2. The van der Waals surface area contributed by atoms with Gasteiger partial charge in [0.25, 0.3) is 5.91 Å². The molecule has 2 fully saturated rings. The van der Waals surface area contributed by atoms with Crippen molar-refractivity contribution in [2.75, 3.05) is 19.6 Å². The van der Waals surface area contributed by atoms with Gasteiger partial charge in [0.1, 0.15) is 0 Å². The number of likely N-dealkylation sites (tertiary alicyclic amines) is 2. The van der Waals surface area contributed by atoms with Crippen LogP contribution >= 0.6 is 0 Å². The Morgan fingerprint density at radius 2 is 1.88 bits per heavy atom. The number of nitrogens with zero attached hydrogens (tertiary/aromatic N) is 3. The molecule has 0 aliphatic carbocycles. The number of rotatable bonds is 1. The van der Waals surface area contributed by atoms with E-state index in [1.165, 1.54) is 0 Å². The van der Waals surface area contributed by atoms with Gasteiger partial charge < -0.3 is 14.9 Å². The van der Waals surface area contributed by atoms with Gasteiger partial charge >= 0.3 is 0 Å². The summed E-state index contributed by atoms with van der Waals surface area (Å²) in [5.41, 5.74) is 0.851. The van der Waals surface area contributed by atoms with Crippen molar-refractivity contribution in [1.82, 2.24) is 14.8 Å². The Kier molecular flexibility index (Phi) is 4.82. The lowest BCUT2D eigenvalue weighted by Gasteiger charge is -2.55. The molecule has 1 aromatic rings. The SMILES string of the molecule is CC(=O)N1CC2(CCN(C(=O)c3ccc(C)nc3)CC2)C[C@H](O)C1(C)C. The number of amides is 2. The first-order chi connectivity index (χ1) is 12.1. The van der Waals surface area contributed by atoms with Crippen LogP contribution in [0.5, 0.6) is 0 Å². The van der Waals surface area contributed by atoms with Crippen LogP contribution in [0.1, 0.15) is 56.1 Å². The summed E-state index contributed by atoms with van der Waals surface area (Å²) in [6.07, 6.45) is 3.36. The average molecular weight is 359 g/mol. The Bertz CT molecular complexity index is 691. The molecule has 2 amide bonds. The van der Waals surface area contributed by atoms with Gasteiger partial charge in [0, 0.05) is 38.4 Å². The van der Waals surface area contributed by atoms with Crippen LogP contribution in [0.2, 0.25) is 0 Å². The van der Waals surface area contributed by atoms with E-state index in [0.29, 0.717) is 31.6 Å². The summed E-state index contributed by atoms with van der Waals surface area (Å²) in [7, 11) is 0. The number of carbonyl (C=O) groups excluding carboxylic acids is 2. The van der Waals surface area contributed by atoms with Gasteiger partial charge in [0.05, 0.1) is 17.2 Å². The number of aliphatic hydroxyl groups is 1. The Hall–Kier alpha value is -1.95. The Balaban J connectivity index is 1.70. The first kappa shape index (κ1) is 18.8. The molecule has 0 radical (unpaired) electrons. The van der Waals surface area contributed by atoms with Crippen molar-refractivity contribution in [3.63, 3.8) is 0 Å². The maximum Gasteiger partial charge on any atom is 0.255 e. The molecule has 0 aromatic carbocycles. The molecule has 2 saturated heterocycles. The molecule has 1 aromatic heterocycles. The van der Waals surface area contributed by atoms with Gasteiger partial charge in [-0.15, -0.1) is 0 Å². The maximum atomic E-state index is 12.7. The zero-order chi connectivity index (χ0) is 19.1. The van der Waals surface area contributed by atoms with Crippen LogP contribution in [0.25, 0.3) is 0 Å². The fraction of sp³-hybridized carbons (Fsp3) is 0.650. The molecule has 2 aliphatic rings. The van der Waals surface area contributed by atoms with Gasteiger partial charge in [-0.3, -0.25) is 14.6 Å². The lowest BCUT2D eigenvalue weighted by molar-refractivity contribution is -0.156. The minimum Gasteiger partial charge on any atom is -0.391 e. The molecule has 0 bridgehead atoms. The highest BCUT2D eigenvalue weighted by Crippen LogP contribution is 2.45. The van der Waals surface area contributed by atoms with Gasteiger partial charge in [0.2, 0.25) is 5.91 Å². The quantitative estimate of drug-likeness (QED) is 0.832. The number of pyridine rings is 1. The van der Waals surface area contributed by atoms with Crippen molar-refractivity contribution in [1.29, 1.82) is 0 Å². The van der Waals surface area contributed by atoms with Crippen molar-refractivity contribution >= 4 is 11.8 Å². The van der Waals surface area contributed by atoms with Crippen LogP contribution < -0.4 is 0 Å². The molecular formula is C20H29N3O3. The maximum absolute atomic E-state index is 12.7. The van der Waals surface area contributed by atoms with Crippen LogP contribution in [-0.2, 0) is 4.79 Å². The van der Waals surface area contributed by atoms with Crippen LogP contribution in [0.3, 0.4) is 0 Å². The van der Waals surface area contributed by atoms with E-state index in [0.717, 1.165) is 18.5 Å². The second kappa shape index (κ2) is 6.65. The lowest BCUT2D eigenvalue weighted by atomic mass is 9.67. The predicted molar refractivity (Wildman–Crippen MR) is 98.6 cm³/mol. The number of hydrogen-bond donors (Lipinski definition) is 1. The lowest BCUT2D eigenvalue weighted by Crippen LogP contribution is -2.64. The minimum atomic E-state index is -0.552. The largest absolute Gasteiger partial charge is 0.391 e. The van der Waals surface area contributed by atoms with Gasteiger partial charge in [-0.05, 0) is 57.6 Å². The monoisotopic (exact) mass is 359 g/mol. The molecular weight excluding hydrogens is 330 g/mol. The fourth-order valence-corrected chi connectivity index (χ4v) is 4.28. The van der Waals surface area contributed by atoms with E-state index in [9.17, 15) is 14.7 Å². The van der Waals surface area contributed by atoms with E-state index in [1.807, 2.05) is 42.7 Å². The summed E-state index contributed by atoms with van der Waals surface area (Å²) in [4.78, 5) is 32.7. The summed E-state index contributed by atoms with van der Waals surface area (Å²) in [5, 5.41) is 10.7. The normalized spacial score (nSPS) is 24.6. The van der Waals surface area contributed by atoms with E-state index >= 15 is 0 Å². The van der Waals surface area contributed by atoms with E-state index in [-0.39, 0.29) is 17.2 Å². The van der Waals surface area contributed by atoms with Gasteiger partial charge in [0.15, 0.2) is 0 Å². The number of aliphatic hydroxyl groups excluding tert-OH is 1. The summed E-state index contributed by atoms with van der Waals surface area (Å²) in [5.74, 6) is 0.00447. The third kappa shape index (κ3) is 3.34. The molecule has 26 heavy (non-hydrogen) atoms. The van der Waals surface area contributed by atoms with Crippen molar-refractivity contribution in [2.24, 2.45) is 5.41 Å². The molecule has 0 saturated carbocycles. The molecule has 3 rings (SSSR count). The minimum absolute atomic E-state index is 0.00244. The Labute approximate surface area is 155 Å². The molecule has 2 aliphatic heterocycles. The van der Waals surface area contributed by atoms with E-state index in [4.69, 9.17) is 0 Å². The third-order valence-corrected chi connectivity index (χ3v) is 6.28. The summed E-state index contributed by atoms with van der Waals surface area (Å²) in [6, 6.07) is 3.67. The zero-order valence-electron chi connectivity index (χ0n) is 16.2. The molecule has 0 unspecified atom stereocenters. The average Bonchev–Trinajstić information content (AvgIpc) is 2.59. The summed E-state index contributed by atoms with van der Waals surface area (Å²) >= 11 is 0. The van der Waals surface area contributed by atoms with Crippen molar-refractivity contribution < 1.29 is 14.7 Å². The molecule has 1 spiro atoms. The predicted octanol–water partition coefficient (Wildman–Crippen LogP) is 2.00. The van der Waals surface area contributed by atoms with Gasteiger partial charge in [-0.25, -0.2) is 0 Å². The number of hydrogen-bond acceptors (Lipinski definition) is 4. The highest BCUT2D eigenvalue weighted by Gasteiger charge is 2.50. The molecule has 1 atom stereocenters. The highest BCUT2D eigenvalue weighted by molar-refractivity contribution is 5.94. The molecule has 1 N–H and O–H groups in total. The van der Waals surface area contributed by atoms with Crippen LogP contribution in [0.4, 0.5) is 0 Å². The highest BCUT2D eigenvalue weighted by atomic mass is 16.3. The smallest absolute Gasteiger partial charge is 0.255 e. The van der Waals surface area contributed by atoms with E-state index in [2.05, 4.69) is 4.98 Å². The van der Waals surface area contributed by atoms with Crippen LogP contribution in [0.15, 0.2) is 18.3 Å². The van der Waals surface area contributed by atoms with Crippen molar-refractivity contribution in [2.45, 2.75) is 58.6 Å². The molecule has 142 valence electrons. The fourth-order valence-electron chi connectivity index (χ4n) is 4.28. The Morgan fingerprint density at radius 1 is 1.23 bits per heavy atom. The Morgan fingerprint density at radius 3 is 2.42 bits per heavy atom. The summed E-state index contributed by atoms with van der Waals surface area (Å²) < 4.78 is 0. The molecule has 6 nitrogen and oxygen atoms in total. The first-order valence-corrected chi connectivity index (χ1v) is 9.33. The van der Waals surface area contributed by atoms with E-state index < -0.39 is 11.6 Å². The number of aromatic nitrogens is 1. The first-order valence-electron chi connectivity index (χ1n) is 9.33. The standard InChI is InChI=1S/C20H29N3O3/c1-14-5-6-16(12-21-14)18(26)22-9-7-20(8-10-22)11-17(25)19(3,4)23(13-20)15(2)24/h5-6,12,17,25H,7-11,13H2,1-4H3/t17-/m0/s1. The summed E-state index contributed by atoms with van der Waals surface area (Å²) in [6.45, 7) is 9.26. The van der Waals surface area contributed by atoms with Gasteiger partial charge in [-0.2, -0.15) is 0 Å². The van der Waals surface area contributed by atoms with Crippen LogP contribution in [-0.4, -0.2) is 63.0 Å². The van der Waals surface area contributed by atoms with Gasteiger partial charge in [-0.1, -0.05) is 0 Å². The topological polar surface area (TPSA) is 73.7 Å². The van der Waals surface area contributed by atoms with Crippen molar-refractivity contribution in [3.8, 4) is 0 Å². The van der Waals surface area contributed by atoms with Crippen LogP contribution in [0, 0.1) is 12.3 Å². The van der Waals surface area contributed by atoms with Crippen molar-refractivity contribution in [3.05, 3.63) is 29.6 Å².